The van der Waals surface area contributed by atoms with Crippen LogP contribution in [0, 0.1) is 5.82 Å². The third-order valence-corrected chi connectivity index (χ3v) is 6.38. The Morgan fingerprint density at radius 1 is 0.833 bits per heavy atom. The summed E-state index contributed by atoms with van der Waals surface area (Å²) in [5.41, 5.74) is 1.77. The highest BCUT2D eigenvalue weighted by atomic mass is 32.2. The first-order valence-electron chi connectivity index (χ1n) is 9.56. The van der Waals surface area contributed by atoms with E-state index in [2.05, 4.69) is 5.32 Å². The molecule has 0 aliphatic carbocycles. The van der Waals surface area contributed by atoms with E-state index in [1.807, 2.05) is 36.4 Å². The van der Waals surface area contributed by atoms with Crippen LogP contribution in [0.1, 0.15) is 11.1 Å². The van der Waals surface area contributed by atoms with Gasteiger partial charge in [-0.1, -0.05) is 72.8 Å². The zero-order valence-electron chi connectivity index (χ0n) is 16.4. The second kappa shape index (κ2) is 10.1. The van der Waals surface area contributed by atoms with Gasteiger partial charge in [0.1, 0.15) is 10.7 Å². The Labute approximate surface area is 176 Å². The Balaban J connectivity index is 1.74. The van der Waals surface area contributed by atoms with Gasteiger partial charge in [-0.2, -0.15) is 4.31 Å². The molecule has 0 heterocycles. The molecular formula is C23H23FN2O3S. The van der Waals surface area contributed by atoms with Crippen molar-refractivity contribution >= 4 is 15.9 Å². The van der Waals surface area contributed by atoms with Crippen molar-refractivity contribution in [3.8, 4) is 0 Å². The Morgan fingerprint density at radius 3 is 2.03 bits per heavy atom. The highest BCUT2D eigenvalue weighted by Crippen LogP contribution is 2.21. The standard InChI is InChI=1S/C23H23FN2O3S/c24-21-13-7-8-14-22(21)30(28,29)26(17-20-11-5-2-6-12-20)18-23(27)25-16-15-19-9-3-1-4-10-19/h1-14H,15-18H2,(H,25,27). The molecule has 0 unspecified atom stereocenters. The number of rotatable bonds is 9. The van der Waals surface area contributed by atoms with E-state index in [4.69, 9.17) is 0 Å². The molecule has 0 spiro atoms. The summed E-state index contributed by atoms with van der Waals surface area (Å²) in [6.45, 7) is -0.0638. The van der Waals surface area contributed by atoms with E-state index in [-0.39, 0.29) is 6.54 Å². The van der Waals surface area contributed by atoms with E-state index in [0.717, 1.165) is 15.9 Å². The molecule has 0 saturated heterocycles. The summed E-state index contributed by atoms with van der Waals surface area (Å²) in [7, 11) is -4.20. The van der Waals surface area contributed by atoms with E-state index in [0.29, 0.717) is 18.5 Å². The number of halogens is 1. The van der Waals surface area contributed by atoms with E-state index >= 15 is 0 Å². The fourth-order valence-electron chi connectivity index (χ4n) is 3.01. The minimum Gasteiger partial charge on any atom is -0.355 e. The molecule has 3 aromatic rings. The monoisotopic (exact) mass is 426 g/mol. The van der Waals surface area contributed by atoms with Crippen molar-refractivity contribution in [2.45, 2.75) is 17.9 Å². The summed E-state index contributed by atoms with van der Waals surface area (Å²) in [6, 6.07) is 23.7. The normalized spacial score (nSPS) is 11.4. The largest absolute Gasteiger partial charge is 0.355 e. The number of amides is 1. The van der Waals surface area contributed by atoms with Crippen molar-refractivity contribution in [3.05, 3.63) is 102 Å². The topological polar surface area (TPSA) is 66.5 Å². The van der Waals surface area contributed by atoms with Crippen molar-refractivity contribution < 1.29 is 17.6 Å². The lowest BCUT2D eigenvalue weighted by Gasteiger charge is -2.22. The molecule has 0 fully saturated rings. The molecule has 0 aliphatic heterocycles. The van der Waals surface area contributed by atoms with Gasteiger partial charge in [0.25, 0.3) is 0 Å². The quantitative estimate of drug-likeness (QED) is 0.571. The van der Waals surface area contributed by atoms with Crippen molar-refractivity contribution in [1.82, 2.24) is 9.62 Å². The fourth-order valence-corrected chi connectivity index (χ4v) is 4.46. The zero-order valence-corrected chi connectivity index (χ0v) is 17.2. The molecule has 5 nitrogen and oxygen atoms in total. The lowest BCUT2D eigenvalue weighted by Crippen LogP contribution is -2.41. The summed E-state index contributed by atoms with van der Waals surface area (Å²) in [6.07, 6.45) is 0.630. The predicted molar refractivity (Wildman–Crippen MR) is 114 cm³/mol. The van der Waals surface area contributed by atoms with Crippen molar-refractivity contribution in [3.63, 3.8) is 0 Å². The van der Waals surface area contributed by atoms with Crippen LogP contribution >= 0.6 is 0 Å². The van der Waals surface area contributed by atoms with Gasteiger partial charge in [-0.15, -0.1) is 0 Å². The number of nitrogens with one attached hydrogen (secondary N) is 1. The molecule has 156 valence electrons. The number of nitrogens with zero attached hydrogens (tertiary/aromatic N) is 1. The molecule has 0 saturated carbocycles. The molecule has 0 atom stereocenters. The summed E-state index contributed by atoms with van der Waals surface area (Å²) < 4.78 is 41.4. The molecule has 0 aliphatic rings. The molecule has 3 rings (SSSR count). The highest BCUT2D eigenvalue weighted by molar-refractivity contribution is 7.89. The fraction of sp³-hybridized carbons (Fsp3) is 0.174. The predicted octanol–water partition coefficient (Wildman–Crippen LogP) is 3.38. The summed E-state index contributed by atoms with van der Waals surface area (Å²) >= 11 is 0. The number of carbonyl (C=O) groups is 1. The molecule has 0 bridgehead atoms. The lowest BCUT2D eigenvalue weighted by molar-refractivity contribution is -0.121. The van der Waals surface area contributed by atoms with Gasteiger partial charge >= 0.3 is 0 Å². The average Bonchev–Trinajstić information content (AvgIpc) is 2.75. The molecule has 0 aromatic heterocycles. The molecule has 0 radical (unpaired) electrons. The number of carbonyl (C=O) groups excluding carboxylic acids is 1. The van der Waals surface area contributed by atoms with Gasteiger partial charge in [0, 0.05) is 13.1 Å². The van der Waals surface area contributed by atoms with Crippen LogP contribution in [0.15, 0.2) is 89.8 Å². The number of benzene rings is 3. The van der Waals surface area contributed by atoms with Gasteiger partial charge in [0.15, 0.2) is 0 Å². The third-order valence-electron chi connectivity index (χ3n) is 4.55. The van der Waals surface area contributed by atoms with Crippen LogP contribution in [-0.2, 0) is 27.8 Å². The van der Waals surface area contributed by atoms with Crippen LogP contribution < -0.4 is 5.32 Å². The molecule has 7 heteroatoms. The van der Waals surface area contributed by atoms with Crippen LogP contribution in [0.3, 0.4) is 0 Å². The number of hydrogen-bond donors (Lipinski definition) is 1. The maximum absolute atomic E-state index is 14.2. The third kappa shape index (κ3) is 5.75. The second-order valence-electron chi connectivity index (χ2n) is 6.77. The summed E-state index contributed by atoms with van der Waals surface area (Å²) in [4.78, 5) is 12.0. The summed E-state index contributed by atoms with van der Waals surface area (Å²) in [5, 5.41) is 2.75. The molecule has 1 N–H and O–H groups in total. The number of hydrogen-bond acceptors (Lipinski definition) is 3. The van der Waals surface area contributed by atoms with Crippen LogP contribution in [0.5, 0.6) is 0 Å². The molecular weight excluding hydrogens is 403 g/mol. The van der Waals surface area contributed by atoms with Crippen LogP contribution in [0.2, 0.25) is 0 Å². The van der Waals surface area contributed by atoms with Gasteiger partial charge in [0.2, 0.25) is 15.9 Å². The van der Waals surface area contributed by atoms with Crippen LogP contribution in [-0.4, -0.2) is 31.7 Å². The Kier molecular flexibility index (Phi) is 7.32. The SMILES string of the molecule is O=C(CN(Cc1ccccc1)S(=O)(=O)c1ccccc1F)NCCc1ccccc1. The molecule has 3 aromatic carbocycles. The molecule has 1 amide bonds. The van der Waals surface area contributed by atoms with E-state index in [1.54, 1.807) is 24.3 Å². The van der Waals surface area contributed by atoms with Crippen LogP contribution in [0.4, 0.5) is 4.39 Å². The Bertz CT molecular complexity index is 1070. The average molecular weight is 427 g/mol. The van der Waals surface area contributed by atoms with Crippen molar-refractivity contribution in [2.24, 2.45) is 0 Å². The lowest BCUT2D eigenvalue weighted by atomic mass is 10.1. The van der Waals surface area contributed by atoms with Crippen molar-refractivity contribution in [1.29, 1.82) is 0 Å². The van der Waals surface area contributed by atoms with Gasteiger partial charge in [0.05, 0.1) is 6.54 Å². The highest BCUT2D eigenvalue weighted by Gasteiger charge is 2.29. The van der Waals surface area contributed by atoms with Crippen molar-refractivity contribution in [2.75, 3.05) is 13.1 Å². The number of sulfonamides is 1. The molecule has 30 heavy (non-hydrogen) atoms. The Hall–Kier alpha value is -3.03. The smallest absolute Gasteiger partial charge is 0.246 e. The first-order chi connectivity index (χ1) is 14.5. The first-order valence-corrected chi connectivity index (χ1v) is 11.0. The van der Waals surface area contributed by atoms with Crippen LogP contribution in [0.25, 0.3) is 0 Å². The van der Waals surface area contributed by atoms with Gasteiger partial charge in [-0.05, 0) is 29.7 Å². The zero-order chi connectivity index (χ0) is 21.4. The van der Waals surface area contributed by atoms with E-state index in [1.165, 1.54) is 18.2 Å². The van der Waals surface area contributed by atoms with Gasteiger partial charge < -0.3 is 5.32 Å². The Morgan fingerprint density at radius 2 is 1.40 bits per heavy atom. The van der Waals surface area contributed by atoms with E-state index < -0.39 is 33.2 Å². The maximum Gasteiger partial charge on any atom is 0.246 e. The summed E-state index contributed by atoms with van der Waals surface area (Å²) in [5.74, 6) is -1.29. The first kappa shape index (κ1) is 21.7. The van der Waals surface area contributed by atoms with E-state index in [9.17, 15) is 17.6 Å². The second-order valence-corrected chi connectivity index (χ2v) is 8.68. The maximum atomic E-state index is 14.2. The minimum absolute atomic E-state index is 0.0381. The van der Waals surface area contributed by atoms with Gasteiger partial charge in [-0.3, -0.25) is 4.79 Å². The minimum atomic E-state index is -4.20. The van der Waals surface area contributed by atoms with Gasteiger partial charge in [-0.25, -0.2) is 12.8 Å².